The van der Waals surface area contributed by atoms with Gasteiger partial charge in [-0.15, -0.1) is 0 Å². The van der Waals surface area contributed by atoms with Crippen LogP contribution in [0, 0.1) is 32.4 Å². The Labute approximate surface area is 156 Å². The minimum atomic E-state index is -0.620. The van der Waals surface area contributed by atoms with Gasteiger partial charge in [-0.1, -0.05) is 11.2 Å². The van der Waals surface area contributed by atoms with Gasteiger partial charge in [0.1, 0.15) is 17.4 Å². The van der Waals surface area contributed by atoms with E-state index in [0.717, 1.165) is 17.5 Å². The molecule has 0 N–H and O–H groups in total. The van der Waals surface area contributed by atoms with E-state index in [1.165, 1.54) is 12.1 Å². The minimum absolute atomic E-state index is 0.0837. The van der Waals surface area contributed by atoms with E-state index in [4.69, 9.17) is 4.52 Å². The number of Topliss-reactive ketones (excluding diaryl/α,β-unsaturated/α-hetero) is 1. The molecule has 0 aliphatic rings. The highest BCUT2D eigenvalue weighted by atomic mass is 19.1. The first kappa shape index (κ1) is 19.0. The van der Waals surface area contributed by atoms with Gasteiger partial charge in [-0.3, -0.25) is 14.3 Å². The molecule has 0 saturated carbocycles. The lowest BCUT2D eigenvalue weighted by Crippen LogP contribution is -2.26. The number of halogens is 2. The highest BCUT2D eigenvalue weighted by Gasteiger charge is 2.20. The fourth-order valence-electron chi connectivity index (χ4n) is 3.18. The van der Waals surface area contributed by atoms with Crippen molar-refractivity contribution >= 4 is 5.78 Å². The number of rotatable bonds is 6. The van der Waals surface area contributed by atoms with E-state index in [-0.39, 0.29) is 18.9 Å². The Hall–Kier alpha value is -2.80. The smallest absolute Gasteiger partial charge is 0.180 e. The third kappa shape index (κ3) is 3.98. The Balaban J connectivity index is 1.76. The molecule has 0 amide bonds. The van der Waals surface area contributed by atoms with Gasteiger partial charge < -0.3 is 4.52 Å². The third-order valence-electron chi connectivity index (χ3n) is 4.45. The molecule has 2 aromatic heterocycles. The second-order valence-corrected chi connectivity index (χ2v) is 6.75. The van der Waals surface area contributed by atoms with Crippen molar-refractivity contribution in [1.82, 2.24) is 14.6 Å². The first-order chi connectivity index (χ1) is 12.8. The van der Waals surface area contributed by atoms with E-state index in [1.54, 1.807) is 24.9 Å². The summed E-state index contributed by atoms with van der Waals surface area (Å²) in [7, 11) is 1.72. The Morgan fingerprint density at radius 2 is 1.93 bits per heavy atom. The fraction of sp³-hybridized carbons (Fsp3) is 0.300. The van der Waals surface area contributed by atoms with Crippen molar-refractivity contribution in [2.45, 2.75) is 27.3 Å². The van der Waals surface area contributed by atoms with Crippen molar-refractivity contribution < 1.29 is 18.1 Å². The molecule has 1 aromatic carbocycles. The molecule has 3 rings (SSSR count). The van der Waals surface area contributed by atoms with E-state index < -0.39 is 11.6 Å². The molecule has 3 aromatic rings. The molecule has 0 fully saturated rings. The molecule has 0 radical (unpaired) electrons. The predicted molar refractivity (Wildman–Crippen MR) is 97.1 cm³/mol. The average molecular weight is 373 g/mol. The second kappa shape index (κ2) is 7.44. The summed E-state index contributed by atoms with van der Waals surface area (Å²) in [5.41, 5.74) is 2.57. The zero-order chi connectivity index (χ0) is 19.7. The number of aryl methyl sites for hydroxylation is 2. The van der Waals surface area contributed by atoms with Crippen LogP contribution in [0.5, 0.6) is 0 Å². The van der Waals surface area contributed by atoms with Crippen LogP contribution >= 0.6 is 0 Å². The van der Waals surface area contributed by atoms with Crippen LogP contribution in [0.4, 0.5) is 8.78 Å². The van der Waals surface area contributed by atoms with E-state index in [0.29, 0.717) is 22.7 Å². The number of nitrogens with zero attached hydrogens (tertiary/aromatic N) is 3. The number of ketones is 1. The van der Waals surface area contributed by atoms with Gasteiger partial charge in [-0.2, -0.15) is 0 Å². The van der Waals surface area contributed by atoms with E-state index in [9.17, 15) is 13.6 Å². The lowest BCUT2D eigenvalue weighted by atomic mass is 10.1. The largest absolute Gasteiger partial charge is 0.360 e. The number of likely N-dealkylation sites (N-methyl/N-ethyl adjacent to an activating group) is 1. The molecule has 0 spiro atoms. The normalized spacial score (nSPS) is 11.4. The van der Waals surface area contributed by atoms with Gasteiger partial charge in [0.05, 0.1) is 6.54 Å². The van der Waals surface area contributed by atoms with Crippen LogP contribution in [-0.2, 0) is 6.54 Å². The molecule has 7 heteroatoms. The molecule has 2 heterocycles. The number of benzene rings is 1. The van der Waals surface area contributed by atoms with Gasteiger partial charge in [-0.25, -0.2) is 8.78 Å². The number of carbonyl (C=O) groups is 1. The quantitative estimate of drug-likeness (QED) is 0.613. The van der Waals surface area contributed by atoms with Crippen molar-refractivity contribution in [2.75, 3.05) is 13.6 Å². The summed E-state index contributed by atoms with van der Waals surface area (Å²) in [5, 5.41) is 4.01. The highest BCUT2D eigenvalue weighted by Crippen LogP contribution is 2.21. The summed E-state index contributed by atoms with van der Waals surface area (Å²) in [5.74, 6) is -0.00583. The summed E-state index contributed by atoms with van der Waals surface area (Å²) in [6.45, 7) is 5.87. The monoisotopic (exact) mass is 373 g/mol. The number of hydrogen-bond acceptors (Lipinski definition) is 4. The van der Waals surface area contributed by atoms with Crippen LogP contribution in [0.3, 0.4) is 0 Å². The molecule has 27 heavy (non-hydrogen) atoms. The molecule has 0 bridgehead atoms. The van der Waals surface area contributed by atoms with E-state index in [2.05, 4.69) is 5.16 Å². The first-order valence-electron chi connectivity index (χ1n) is 8.54. The molecular weight excluding hydrogens is 352 g/mol. The lowest BCUT2D eigenvalue weighted by Gasteiger charge is -2.16. The zero-order valence-electron chi connectivity index (χ0n) is 15.7. The van der Waals surface area contributed by atoms with Crippen LogP contribution in [0.15, 0.2) is 34.9 Å². The summed E-state index contributed by atoms with van der Waals surface area (Å²) in [6.07, 6.45) is 0. The Bertz CT molecular complexity index is 991. The van der Waals surface area contributed by atoms with Crippen molar-refractivity contribution in [3.63, 3.8) is 0 Å². The number of aromatic nitrogens is 2. The van der Waals surface area contributed by atoms with Crippen LogP contribution in [0.1, 0.15) is 33.1 Å². The standard InChI is InChI=1S/C20H21F2N3O2/c1-12-7-17(14(3)25(12)20-8-13(2)27-23-20)19(26)11-24(4)10-15-5-6-16(21)9-18(15)22/h5-9H,10-11H2,1-4H3. The van der Waals surface area contributed by atoms with E-state index in [1.807, 2.05) is 24.5 Å². The maximum atomic E-state index is 13.8. The summed E-state index contributed by atoms with van der Waals surface area (Å²) in [4.78, 5) is 14.5. The van der Waals surface area contributed by atoms with Crippen molar-refractivity contribution in [3.8, 4) is 5.82 Å². The SMILES string of the molecule is Cc1cc(-n2c(C)cc(C(=O)CN(C)Cc3ccc(F)cc3F)c2C)no1. The van der Waals surface area contributed by atoms with Crippen LogP contribution in [-0.4, -0.2) is 34.0 Å². The molecule has 0 saturated heterocycles. The lowest BCUT2D eigenvalue weighted by molar-refractivity contribution is 0.0941. The summed E-state index contributed by atoms with van der Waals surface area (Å²) in [6, 6.07) is 7.07. The molecule has 0 aliphatic heterocycles. The summed E-state index contributed by atoms with van der Waals surface area (Å²) >= 11 is 0. The molecule has 142 valence electrons. The van der Waals surface area contributed by atoms with Gasteiger partial charge in [0.15, 0.2) is 11.6 Å². The van der Waals surface area contributed by atoms with Crippen LogP contribution < -0.4 is 0 Å². The fourth-order valence-corrected chi connectivity index (χ4v) is 3.18. The average Bonchev–Trinajstić information content (AvgIpc) is 3.13. The second-order valence-electron chi connectivity index (χ2n) is 6.75. The van der Waals surface area contributed by atoms with Crippen LogP contribution in [0.25, 0.3) is 5.82 Å². The molecule has 0 aliphatic carbocycles. The number of hydrogen-bond donors (Lipinski definition) is 0. The van der Waals surface area contributed by atoms with Gasteiger partial charge in [0, 0.05) is 41.2 Å². The van der Waals surface area contributed by atoms with Gasteiger partial charge in [-0.05, 0) is 40.0 Å². The Morgan fingerprint density at radius 3 is 2.56 bits per heavy atom. The molecular formula is C20H21F2N3O2. The van der Waals surface area contributed by atoms with Crippen LogP contribution in [0.2, 0.25) is 0 Å². The van der Waals surface area contributed by atoms with Crippen molar-refractivity contribution in [3.05, 3.63) is 70.2 Å². The van der Waals surface area contributed by atoms with Gasteiger partial charge in [0.25, 0.3) is 0 Å². The number of carbonyl (C=O) groups excluding carboxylic acids is 1. The molecule has 5 nitrogen and oxygen atoms in total. The molecule has 0 atom stereocenters. The Morgan fingerprint density at radius 1 is 1.19 bits per heavy atom. The maximum Gasteiger partial charge on any atom is 0.180 e. The molecule has 0 unspecified atom stereocenters. The minimum Gasteiger partial charge on any atom is -0.360 e. The maximum absolute atomic E-state index is 13.8. The van der Waals surface area contributed by atoms with Crippen molar-refractivity contribution in [2.24, 2.45) is 0 Å². The summed E-state index contributed by atoms with van der Waals surface area (Å²) < 4.78 is 33.8. The Kier molecular flexibility index (Phi) is 5.23. The first-order valence-corrected chi connectivity index (χ1v) is 8.54. The third-order valence-corrected chi connectivity index (χ3v) is 4.45. The topological polar surface area (TPSA) is 51.3 Å². The zero-order valence-corrected chi connectivity index (χ0v) is 15.7. The van der Waals surface area contributed by atoms with Gasteiger partial charge in [0.2, 0.25) is 0 Å². The van der Waals surface area contributed by atoms with Crippen molar-refractivity contribution in [1.29, 1.82) is 0 Å². The predicted octanol–water partition coefficient (Wildman–Crippen LogP) is 3.98. The van der Waals surface area contributed by atoms with Gasteiger partial charge >= 0.3 is 0 Å². The van der Waals surface area contributed by atoms with E-state index >= 15 is 0 Å². The highest BCUT2D eigenvalue weighted by molar-refractivity contribution is 5.99.